The van der Waals surface area contributed by atoms with E-state index < -0.39 is 11.6 Å². The molecule has 0 saturated carbocycles. The van der Waals surface area contributed by atoms with E-state index in [-0.39, 0.29) is 56.4 Å². The Kier molecular flexibility index (Phi) is 5.57. The zero-order valence-electron chi connectivity index (χ0n) is 20.5. The van der Waals surface area contributed by atoms with Gasteiger partial charge in [-0.2, -0.15) is 15.0 Å². The molecule has 3 fully saturated rings. The van der Waals surface area contributed by atoms with Crippen molar-refractivity contribution in [2.45, 2.75) is 37.3 Å². The lowest BCUT2D eigenvalue weighted by Crippen LogP contribution is -2.51. The highest BCUT2D eigenvalue weighted by atomic mass is 35.5. The van der Waals surface area contributed by atoms with Gasteiger partial charge in [-0.15, -0.1) is 0 Å². The monoisotopic (exact) mass is 541 g/mol. The average molecular weight is 542 g/mol. The molecule has 4 N–H and O–H groups in total. The summed E-state index contributed by atoms with van der Waals surface area (Å²) in [5.41, 5.74) is 5.89. The summed E-state index contributed by atoms with van der Waals surface area (Å²) < 4.78 is 42.1. The van der Waals surface area contributed by atoms with Crippen LogP contribution in [0.4, 0.5) is 20.6 Å². The lowest BCUT2D eigenvalue weighted by Gasteiger charge is -2.31. The number of nitrogens with zero attached hydrogens (tertiary/aromatic N) is 4. The molecule has 4 aromatic rings. The average Bonchev–Trinajstić information content (AvgIpc) is 3.56. The van der Waals surface area contributed by atoms with Gasteiger partial charge in [0.25, 0.3) is 6.01 Å². The van der Waals surface area contributed by atoms with E-state index >= 15 is 4.39 Å². The first-order chi connectivity index (χ1) is 18.4. The number of aromatic nitrogens is 3. The topological polar surface area (TPSA) is 114 Å². The molecule has 0 aliphatic carbocycles. The Morgan fingerprint density at radius 1 is 1.16 bits per heavy atom. The maximum Gasteiger partial charge on any atom is 0.319 e. The summed E-state index contributed by atoms with van der Waals surface area (Å²) in [6, 6.07) is 4.19. The van der Waals surface area contributed by atoms with Crippen molar-refractivity contribution in [2.75, 3.05) is 43.8 Å². The number of rotatable bonds is 6. The van der Waals surface area contributed by atoms with E-state index in [4.69, 9.17) is 26.5 Å². The van der Waals surface area contributed by atoms with Crippen molar-refractivity contribution in [3.63, 3.8) is 0 Å². The fourth-order valence-corrected chi connectivity index (χ4v) is 6.33. The van der Waals surface area contributed by atoms with E-state index in [1.807, 2.05) is 0 Å². The number of benzene rings is 2. The second-order valence-electron chi connectivity index (χ2n) is 10.3. The molecule has 0 bridgehead atoms. The number of hydrogen-bond acceptors (Lipinski definition) is 9. The number of nitrogens with two attached hydrogens (primary N) is 1. The molecule has 3 saturated heterocycles. The number of oxazole rings is 1. The van der Waals surface area contributed by atoms with Crippen LogP contribution >= 0.6 is 11.6 Å². The zero-order valence-corrected chi connectivity index (χ0v) is 21.2. The fraction of sp³-hybridized carbons (Fsp3) is 0.423. The van der Waals surface area contributed by atoms with E-state index in [0.717, 1.165) is 51.9 Å². The summed E-state index contributed by atoms with van der Waals surface area (Å²) in [6.45, 7) is 4.10. The molecular weight excluding hydrogens is 516 g/mol. The Labute approximate surface area is 221 Å². The van der Waals surface area contributed by atoms with Crippen molar-refractivity contribution in [1.82, 2.24) is 25.2 Å². The quantitative estimate of drug-likeness (QED) is 0.328. The van der Waals surface area contributed by atoms with Crippen molar-refractivity contribution in [3.05, 3.63) is 34.9 Å². The molecule has 198 valence electrons. The minimum atomic E-state index is -0.689. The van der Waals surface area contributed by atoms with Crippen LogP contribution in [-0.2, 0) is 0 Å². The molecule has 2 aromatic carbocycles. The van der Waals surface area contributed by atoms with Crippen LogP contribution < -0.4 is 21.1 Å². The third-order valence-electron chi connectivity index (χ3n) is 8.05. The van der Waals surface area contributed by atoms with Gasteiger partial charge in [0.1, 0.15) is 23.5 Å². The molecule has 3 aliphatic rings. The molecule has 0 amide bonds. The summed E-state index contributed by atoms with van der Waals surface area (Å²) in [5, 5.41) is 7.10. The van der Waals surface area contributed by atoms with Crippen LogP contribution in [-0.4, -0.2) is 64.2 Å². The summed E-state index contributed by atoms with van der Waals surface area (Å²) >= 11 is 6.64. The maximum absolute atomic E-state index is 16.3. The van der Waals surface area contributed by atoms with Crippen LogP contribution in [0, 0.1) is 11.6 Å². The predicted molar refractivity (Wildman–Crippen MR) is 140 cm³/mol. The van der Waals surface area contributed by atoms with E-state index in [1.54, 1.807) is 6.07 Å². The number of ether oxygens (including phenoxy) is 1. The largest absolute Gasteiger partial charge is 0.461 e. The third-order valence-corrected chi connectivity index (χ3v) is 8.35. The minimum Gasteiger partial charge on any atom is -0.461 e. The lowest BCUT2D eigenvalue weighted by atomic mass is 9.95. The minimum absolute atomic E-state index is 0.0138. The first kappa shape index (κ1) is 23.8. The maximum atomic E-state index is 16.3. The SMILES string of the molecule is Nc1nc2c(-c3c(Cl)cc4c(NC5CNC5)nc(OCC56CCCN5CCC6)nc4c3F)ccc(F)c2o1. The van der Waals surface area contributed by atoms with E-state index in [9.17, 15) is 4.39 Å². The van der Waals surface area contributed by atoms with E-state index in [0.29, 0.717) is 17.8 Å². The zero-order chi connectivity index (χ0) is 26.0. The first-order valence-corrected chi connectivity index (χ1v) is 13.2. The van der Waals surface area contributed by atoms with Gasteiger partial charge in [-0.25, -0.2) is 8.78 Å². The molecule has 38 heavy (non-hydrogen) atoms. The van der Waals surface area contributed by atoms with Gasteiger partial charge in [0, 0.05) is 29.6 Å². The molecule has 3 aliphatic heterocycles. The fourth-order valence-electron chi connectivity index (χ4n) is 6.03. The van der Waals surface area contributed by atoms with Gasteiger partial charge in [-0.1, -0.05) is 11.6 Å². The number of nitrogen functional groups attached to an aromatic ring is 1. The molecule has 7 rings (SSSR count). The second kappa shape index (κ2) is 8.89. The van der Waals surface area contributed by atoms with Crippen molar-refractivity contribution in [2.24, 2.45) is 0 Å². The molecule has 5 heterocycles. The van der Waals surface area contributed by atoms with Crippen LogP contribution in [0.5, 0.6) is 6.01 Å². The molecule has 0 atom stereocenters. The van der Waals surface area contributed by atoms with Gasteiger partial charge >= 0.3 is 6.01 Å². The first-order valence-electron chi connectivity index (χ1n) is 12.8. The molecule has 9 nitrogen and oxygen atoms in total. The van der Waals surface area contributed by atoms with Gasteiger partial charge in [0.15, 0.2) is 17.2 Å². The predicted octanol–water partition coefficient (Wildman–Crippen LogP) is 4.34. The van der Waals surface area contributed by atoms with E-state index in [2.05, 4.69) is 30.5 Å². The lowest BCUT2D eigenvalue weighted by molar-refractivity contribution is 0.108. The number of halogens is 3. The Balaban J connectivity index is 1.35. The molecule has 0 spiro atoms. The van der Waals surface area contributed by atoms with Crippen LogP contribution in [0.15, 0.2) is 22.6 Å². The molecule has 0 unspecified atom stereocenters. The second-order valence-corrected chi connectivity index (χ2v) is 10.7. The van der Waals surface area contributed by atoms with E-state index in [1.165, 1.54) is 12.1 Å². The molecule has 12 heteroatoms. The Hall–Kier alpha value is -3.28. The summed E-state index contributed by atoms with van der Waals surface area (Å²) in [6.07, 6.45) is 4.40. The number of anilines is 2. The Bertz CT molecular complexity index is 1570. The molecule has 2 aromatic heterocycles. The van der Waals surface area contributed by atoms with Crippen molar-refractivity contribution in [1.29, 1.82) is 0 Å². The third kappa shape index (κ3) is 3.75. The summed E-state index contributed by atoms with van der Waals surface area (Å²) in [5.74, 6) is -0.896. The van der Waals surface area contributed by atoms with Crippen LogP contribution in [0.2, 0.25) is 5.02 Å². The molecule has 0 radical (unpaired) electrons. The van der Waals surface area contributed by atoms with Gasteiger partial charge in [0.2, 0.25) is 0 Å². The normalized spacial score (nSPS) is 19.2. The van der Waals surface area contributed by atoms with Gasteiger partial charge in [0.05, 0.1) is 16.6 Å². The van der Waals surface area contributed by atoms with Crippen molar-refractivity contribution < 1.29 is 17.9 Å². The Morgan fingerprint density at radius 2 is 1.95 bits per heavy atom. The van der Waals surface area contributed by atoms with Gasteiger partial charge < -0.3 is 25.5 Å². The standard InChI is InChI=1S/C26H26ClF2N7O2/c27-16-9-15-20(19(29)18(16)14-3-4-17(28)22-21(14)33-24(30)38-22)34-25(35-23(15)32-13-10-31-11-13)37-12-26-5-1-7-36(26)8-2-6-26/h3-4,9,13,31H,1-2,5-8,10-12H2,(H2,30,33)(H,32,34,35). The summed E-state index contributed by atoms with van der Waals surface area (Å²) in [4.78, 5) is 15.7. The van der Waals surface area contributed by atoms with Crippen LogP contribution in [0.25, 0.3) is 33.1 Å². The van der Waals surface area contributed by atoms with Gasteiger partial charge in [-0.05, 0) is 57.0 Å². The number of hydrogen-bond donors (Lipinski definition) is 3. The highest BCUT2D eigenvalue weighted by Gasteiger charge is 2.45. The number of fused-ring (bicyclic) bond motifs is 3. The molecular formula is C26H26ClF2N7O2. The van der Waals surface area contributed by atoms with Crippen molar-refractivity contribution in [3.8, 4) is 17.1 Å². The van der Waals surface area contributed by atoms with Crippen molar-refractivity contribution >= 4 is 45.4 Å². The smallest absolute Gasteiger partial charge is 0.319 e. The number of nitrogens with one attached hydrogen (secondary N) is 2. The Morgan fingerprint density at radius 3 is 2.68 bits per heavy atom. The van der Waals surface area contributed by atoms with Crippen LogP contribution in [0.3, 0.4) is 0 Å². The highest BCUT2D eigenvalue weighted by molar-refractivity contribution is 6.34. The van der Waals surface area contributed by atoms with Crippen LogP contribution in [0.1, 0.15) is 25.7 Å². The highest BCUT2D eigenvalue weighted by Crippen LogP contribution is 2.42. The van der Waals surface area contributed by atoms with Gasteiger partial charge in [-0.3, -0.25) is 4.90 Å². The summed E-state index contributed by atoms with van der Waals surface area (Å²) in [7, 11) is 0.